The lowest BCUT2D eigenvalue weighted by atomic mass is 10.1. The van der Waals surface area contributed by atoms with E-state index in [1.165, 1.54) is 10.5 Å². The maximum Gasteiger partial charge on any atom is 0.244 e. The van der Waals surface area contributed by atoms with E-state index >= 15 is 0 Å². The normalized spacial score (nSPS) is 15.5. The highest BCUT2D eigenvalue weighted by molar-refractivity contribution is 9.10. The van der Waals surface area contributed by atoms with Crippen LogP contribution in [-0.4, -0.2) is 42.9 Å². The molecule has 26 heavy (non-hydrogen) atoms. The van der Waals surface area contributed by atoms with Crippen molar-refractivity contribution in [1.82, 2.24) is 4.90 Å². The van der Waals surface area contributed by atoms with Gasteiger partial charge in [0, 0.05) is 23.2 Å². The number of likely N-dealkylation sites (N-methyl/N-ethyl adjacent to an activating group) is 1. The topological polar surface area (TPSA) is 52.7 Å². The largest absolute Gasteiger partial charge is 0.359 e. The summed E-state index contributed by atoms with van der Waals surface area (Å²) in [7, 11) is 1.66. The van der Waals surface area contributed by atoms with Gasteiger partial charge in [-0.1, -0.05) is 30.3 Å². The van der Waals surface area contributed by atoms with Gasteiger partial charge in [-0.2, -0.15) is 0 Å². The Bertz CT molecular complexity index is 824. The molecule has 0 aromatic heterocycles. The van der Waals surface area contributed by atoms with E-state index in [9.17, 15) is 9.59 Å². The molecule has 0 fully saturated rings. The number of carbonyl (C=O) groups excluding carboxylic acids is 2. The Hall–Kier alpha value is -2.34. The lowest BCUT2D eigenvalue weighted by Crippen LogP contribution is -2.43. The highest BCUT2D eigenvalue weighted by Gasteiger charge is 2.28. The first-order chi connectivity index (χ1) is 12.5. The summed E-state index contributed by atoms with van der Waals surface area (Å²) in [6.45, 7) is 2.41. The highest BCUT2D eigenvalue weighted by atomic mass is 79.9. The van der Waals surface area contributed by atoms with Gasteiger partial charge in [-0.05, 0) is 53.0 Å². The van der Waals surface area contributed by atoms with Crippen molar-refractivity contribution < 1.29 is 9.59 Å². The SMILES string of the molecule is C[C@H]1Cc2ccccc2N1CC(=O)N(C)CC(=O)Nc1ccccc1Br. The van der Waals surface area contributed by atoms with Gasteiger partial charge >= 0.3 is 0 Å². The number of fused-ring (bicyclic) bond motifs is 1. The molecule has 0 radical (unpaired) electrons. The van der Waals surface area contributed by atoms with Gasteiger partial charge in [0.25, 0.3) is 0 Å². The van der Waals surface area contributed by atoms with E-state index in [-0.39, 0.29) is 30.9 Å². The van der Waals surface area contributed by atoms with E-state index in [4.69, 9.17) is 0 Å². The molecule has 0 bridgehead atoms. The molecule has 0 saturated carbocycles. The van der Waals surface area contributed by atoms with Crippen LogP contribution in [0.25, 0.3) is 0 Å². The van der Waals surface area contributed by atoms with Crippen molar-refractivity contribution in [3.8, 4) is 0 Å². The van der Waals surface area contributed by atoms with Crippen LogP contribution in [0, 0.1) is 0 Å². The van der Waals surface area contributed by atoms with Gasteiger partial charge in [-0.15, -0.1) is 0 Å². The Morgan fingerprint density at radius 2 is 1.88 bits per heavy atom. The summed E-state index contributed by atoms with van der Waals surface area (Å²) in [5.41, 5.74) is 3.07. The first-order valence-electron chi connectivity index (χ1n) is 8.58. The van der Waals surface area contributed by atoms with E-state index in [0.717, 1.165) is 16.6 Å². The van der Waals surface area contributed by atoms with E-state index in [1.807, 2.05) is 42.5 Å². The first kappa shape index (κ1) is 18.5. The van der Waals surface area contributed by atoms with Gasteiger partial charge in [0.1, 0.15) is 0 Å². The van der Waals surface area contributed by atoms with E-state index in [0.29, 0.717) is 5.69 Å². The minimum Gasteiger partial charge on any atom is -0.359 e. The van der Waals surface area contributed by atoms with Crippen LogP contribution in [0.1, 0.15) is 12.5 Å². The number of hydrogen-bond donors (Lipinski definition) is 1. The molecule has 2 amide bonds. The third kappa shape index (κ3) is 4.07. The Morgan fingerprint density at radius 3 is 2.65 bits per heavy atom. The van der Waals surface area contributed by atoms with Crippen LogP contribution in [0.3, 0.4) is 0 Å². The third-order valence-corrected chi connectivity index (χ3v) is 5.30. The summed E-state index contributed by atoms with van der Waals surface area (Å²) in [5.74, 6) is -0.293. The fourth-order valence-electron chi connectivity index (χ4n) is 3.19. The zero-order valence-electron chi connectivity index (χ0n) is 14.9. The second-order valence-electron chi connectivity index (χ2n) is 6.59. The van der Waals surface area contributed by atoms with Crippen molar-refractivity contribution in [3.05, 3.63) is 58.6 Å². The lowest BCUT2D eigenvalue weighted by Gasteiger charge is -2.27. The molecular formula is C20H22BrN3O2. The zero-order chi connectivity index (χ0) is 18.7. The standard InChI is InChI=1S/C20H22BrN3O2/c1-14-11-15-7-3-6-10-18(15)24(14)13-20(26)23(2)12-19(25)22-17-9-5-4-8-16(17)21/h3-10,14H,11-13H2,1-2H3,(H,22,25)/t14-/m0/s1. The first-order valence-corrected chi connectivity index (χ1v) is 9.38. The van der Waals surface area contributed by atoms with Crippen LogP contribution < -0.4 is 10.2 Å². The second kappa shape index (κ2) is 7.91. The molecule has 0 aliphatic carbocycles. The highest BCUT2D eigenvalue weighted by Crippen LogP contribution is 2.31. The minimum absolute atomic E-state index is 0.0179. The second-order valence-corrected chi connectivity index (χ2v) is 7.44. The molecule has 2 aromatic rings. The summed E-state index contributed by atoms with van der Waals surface area (Å²) >= 11 is 3.40. The molecule has 0 saturated heterocycles. The Balaban J connectivity index is 1.58. The molecule has 1 atom stereocenters. The summed E-state index contributed by atoms with van der Waals surface area (Å²) in [6.07, 6.45) is 0.940. The van der Waals surface area contributed by atoms with E-state index in [2.05, 4.69) is 39.1 Å². The van der Waals surface area contributed by atoms with Gasteiger partial charge in [-0.25, -0.2) is 0 Å². The Labute approximate surface area is 162 Å². The molecule has 1 heterocycles. The van der Waals surface area contributed by atoms with E-state index < -0.39 is 0 Å². The van der Waals surface area contributed by atoms with Crippen LogP contribution in [0.4, 0.5) is 11.4 Å². The van der Waals surface area contributed by atoms with Crippen molar-refractivity contribution in [3.63, 3.8) is 0 Å². The van der Waals surface area contributed by atoms with Crippen LogP contribution >= 0.6 is 15.9 Å². The monoisotopic (exact) mass is 415 g/mol. The number of hydrogen-bond acceptors (Lipinski definition) is 3. The average Bonchev–Trinajstić information content (AvgIpc) is 2.92. The predicted molar refractivity (Wildman–Crippen MR) is 107 cm³/mol. The molecule has 1 N–H and O–H groups in total. The maximum atomic E-state index is 12.6. The smallest absolute Gasteiger partial charge is 0.244 e. The molecule has 0 unspecified atom stereocenters. The number of benzene rings is 2. The number of carbonyl (C=O) groups is 2. The quantitative estimate of drug-likeness (QED) is 0.814. The van der Waals surface area contributed by atoms with Crippen molar-refractivity contribution in [2.45, 2.75) is 19.4 Å². The van der Waals surface area contributed by atoms with Crippen LogP contribution in [0.15, 0.2) is 53.0 Å². The fraction of sp³-hybridized carbons (Fsp3) is 0.300. The molecule has 1 aliphatic rings. The number of para-hydroxylation sites is 2. The predicted octanol–water partition coefficient (Wildman–Crippen LogP) is 3.30. The van der Waals surface area contributed by atoms with Crippen molar-refractivity contribution in [1.29, 1.82) is 0 Å². The van der Waals surface area contributed by atoms with Crippen molar-refractivity contribution in [2.75, 3.05) is 30.4 Å². The average molecular weight is 416 g/mol. The summed E-state index contributed by atoms with van der Waals surface area (Å²) < 4.78 is 0.810. The van der Waals surface area contributed by atoms with Gasteiger partial charge in [0.15, 0.2) is 0 Å². The molecule has 3 rings (SSSR count). The Morgan fingerprint density at radius 1 is 1.19 bits per heavy atom. The number of nitrogens with one attached hydrogen (secondary N) is 1. The molecule has 136 valence electrons. The van der Waals surface area contributed by atoms with Crippen LogP contribution in [-0.2, 0) is 16.0 Å². The Kier molecular flexibility index (Phi) is 5.61. The summed E-state index contributed by atoms with van der Waals surface area (Å²) in [5, 5.41) is 2.82. The molecule has 2 aromatic carbocycles. The molecule has 5 nitrogen and oxygen atoms in total. The lowest BCUT2D eigenvalue weighted by molar-refractivity contribution is -0.132. The van der Waals surface area contributed by atoms with Gasteiger partial charge in [0.2, 0.25) is 11.8 Å². The third-order valence-electron chi connectivity index (χ3n) is 4.61. The van der Waals surface area contributed by atoms with Crippen molar-refractivity contribution in [2.24, 2.45) is 0 Å². The van der Waals surface area contributed by atoms with Gasteiger partial charge in [-0.3, -0.25) is 9.59 Å². The fourth-order valence-corrected chi connectivity index (χ4v) is 3.58. The van der Waals surface area contributed by atoms with Gasteiger partial charge in [0.05, 0.1) is 18.8 Å². The summed E-state index contributed by atoms with van der Waals surface area (Å²) in [4.78, 5) is 28.4. The maximum absolute atomic E-state index is 12.6. The molecule has 0 spiro atoms. The number of halogens is 1. The molecule has 1 aliphatic heterocycles. The van der Waals surface area contributed by atoms with Crippen LogP contribution in [0.5, 0.6) is 0 Å². The van der Waals surface area contributed by atoms with Gasteiger partial charge < -0.3 is 15.1 Å². The van der Waals surface area contributed by atoms with E-state index in [1.54, 1.807) is 7.05 Å². The minimum atomic E-state index is -0.220. The number of amides is 2. The molecule has 6 heteroatoms. The number of rotatable bonds is 5. The van der Waals surface area contributed by atoms with Crippen molar-refractivity contribution >= 4 is 39.1 Å². The van der Waals surface area contributed by atoms with Crippen LogP contribution in [0.2, 0.25) is 0 Å². The number of nitrogens with zero attached hydrogens (tertiary/aromatic N) is 2. The molecular weight excluding hydrogens is 394 g/mol. The zero-order valence-corrected chi connectivity index (χ0v) is 16.5. The number of anilines is 2. The summed E-state index contributed by atoms with van der Waals surface area (Å²) in [6, 6.07) is 15.8.